The summed E-state index contributed by atoms with van der Waals surface area (Å²) in [6, 6.07) is 4.27. The van der Waals surface area contributed by atoms with Gasteiger partial charge in [-0.05, 0) is 51.7 Å². The molecule has 2 aliphatic rings. The molecule has 0 aliphatic carbocycles. The predicted octanol–water partition coefficient (Wildman–Crippen LogP) is 2.95. The SMILES string of the molecule is CC(C)(C)OC(=O)N1CCCCC1c1ccc(N2CCNCC2)nc1. The molecule has 1 amide bonds. The number of amides is 1. The minimum atomic E-state index is -0.469. The van der Waals surface area contributed by atoms with Crippen LogP contribution in [0.5, 0.6) is 0 Å². The van der Waals surface area contributed by atoms with Crippen LogP contribution in [0.2, 0.25) is 0 Å². The molecule has 1 N–H and O–H groups in total. The zero-order valence-corrected chi connectivity index (χ0v) is 15.6. The van der Waals surface area contributed by atoms with E-state index in [4.69, 9.17) is 4.74 Å². The minimum absolute atomic E-state index is 0.0631. The van der Waals surface area contributed by atoms with E-state index in [1.54, 1.807) is 0 Å². The molecular weight excluding hydrogens is 316 g/mol. The van der Waals surface area contributed by atoms with Crippen molar-refractivity contribution in [1.82, 2.24) is 15.2 Å². The van der Waals surface area contributed by atoms with Crippen molar-refractivity contribution in [3.8, 4) is 0 Å². The number of rotatable bonds is 2. The Kier molecular flexibility index (Phi) is 5.47. The van der Waals surface area contributed by atoms with Crippen molar-refractivity contribution in [2.75, 3.05) is 37.6 Å². The normalized spacial score (nSPS) is 22.0. The van der Waals surface area contributed by atoms with Gasteiger partial charge >= 0.3 is 6.09 Å². The Bertz CT molecular complexity index is 576. The Morgan fingerprint density at radius 2 is 1.96 bits per heavy atom. The molecule has 3 heterocycles. The third-order valence-electron chi connectivity index (χ3n) is 4.73. The number of pyridine rings is 1. The Morgan fingerprint density at radius 3 is 2.60 bits per heavy atom. The maximum absolute atomic E-state index is 12.6. The van der Waals surface area contributed by atoms with Crippen molar-refractivity contribution < 1.29 is 9.53 Å². The zero-order valence-electron chi connectivity index (χ0n) is 15.6. The molecule has 6 nitrogen and oxygen atoms in total. The number of carbonyl (C=O) groups is 1. The molecule has 0 spiro atoms. The van der Waals surface area contributed by atoms with Gasteiger partial charge in [0.2, 0.25) is 0 Å². The molecule has 0 radical (unpaired) electrons. The Hall–Kier alpha value is -1.82. The van der Waals surface area contributed by atoms with Crippen LogP contribution in [0.4, 0.5) is 10.6 Å². The first kappa shape index (κ1) is 18.0. The first-order valence-electron chi connectivity index (χ1n) is 9.35. The fourth-order valence-electron chi connectivity index (χ4n) is 3.49. The molecule has 1 atom stereocenters. The topological polar surface area (TPSA) is 57.7 Å². The summed E-state index contributed by atoms with van der Waals surface area (Å²) in [7, 11) is 0. The number of piperazine rings is 1. The second-order valence-corrected chi connectivity index (χ2v) is 7.87. The van der Waals surface area contributed by atoms with E-state index < -0.39 is 5.60 Å². The Balaban J connectivity index is 1.72. The van der Waals surface area contributed by atoms with E-state index in [0.29, 0.717) is 0 Å². The number of nitrogens with one attached hydrogen (secondary N) is 1. The lowest BCUT2D eigenvalue weighted by Crippen LogP contribution is -2.44. The number of piperidine rings is 1. The van der Waals surface area contributed by atoms with E-state index in [0.717, 1.165) is 63.4 Å². The molecule has 138 valence electrons. The average Bonchev–Trinajstić information content (AvgIpc) is 2.61. The van der Waals surface area contributed by atoms with Gasteiger partial charge in [0.1, 0.15) is 11.4 Å². The largest absolute Gasteiger partial charge is 0.444 e. The maximum Gasteiger partial charge on any atom is 0.410 e. The Labute approximate surface area is 150 Å². The molecule has 1 unspecified atom stereocenters. The van der Waals surface area contributed by atoms with Crippen LogP contribution in [0, 0.1) is 0 Å². The zero-order chi connectivity index (χ0) is 17.9. The first-order valence-corrected chi connectivity index (χ1v) is 9.35. The summed E-state index contributed by atoms with van der Waals surface area (Å²) in [6.07, 6.45) is 4.84. The molecule has 2 fully saturated rings. The Morgan fingerprint density at radius 1 is 1.20 bits per heavy atom. The lowest BCUT2D eigenvalue weighted by molar-refractivity contribution is 0.00948. The smallest absolute Gasteiger partial charge is 0.410 e. The standard InChI is InChI=1S/C19H30N4O2/c1-19(2,3)25-18(24)23-11-5-4-6-16(23)15-7-8-17(21-14-15)22-12-9-20-10-13-22/h7-8,14,16,20H,4-6,9-13H2,1-3H3. The van der Waals surface area contributed by atoms with Gasteiger partial charge in [-0.25, -0.2) is 9.78 Å². The molecule has 0 bridgehead atoms. The molecule has 1 aromatic heterocycles. The monoisotopic (exact) mass is 346 g/mol. The lowest BCUT2D eigenvalue weighted by atomic mass is 9.97. The van der Waals surface area contributed by atoms with Gasteiger partial charge in [0, 0.05) is 38.9 Å². The summed E-state index contributed by atoms with van der Waals surface area (Å²) in [6.45, 7) is 10.4. The van der Waals surface area contributed by atoms with Crippen LogP contribution >= 0.6 is 0 Å². The molecule has 0 saturated carbocycles. The number of likely N-dealkylation sites (tertiary alicyclic amines) is 1. The van der Waals surface area contributed by atoms with Crippen LogP contribution in [-0.4, -0.2) is 54.3 Å². The van der Waals surface area contributed by atoms with Gasteiger partial charge in [-0.1, -0.05) is 6.07 Å². The van der Waals surface area contributed by atoms with Gasteiger partial charge in [0.05, 0.1) is 6.04 Å². The number of hydrogen-bond acceptors (Lipinski definition) is 5. The van der Waals surface area contributed by atoms with Crippen LogP contribution in [0.1, 0.15) is 51.6 Å². The van der Waals surface area contributed by atoms with Crippen LogP contribution in [-0.2, 0) is 4.74 Å². The number of hydrogen-bond donors (Lipinski definition) is 1. The number of anilines is 1. The number of ether oxygens (including phenoxy) is 1. The minimum Gasteiger partial charge on any atom is -0.444 e. The third-order valence-corrected chi connectivity index (χ3v) is 4.73. The fourth-order valence-corrected chi connectivity index (χ4v) is 3.49. The summed E-state index contributed by atoms with van der Waals surface area (Å²) in [5, 5.41) is 3.36. The van der Waals surface area contributed by atoms with Crippen molar-refractivity contribution in [2.24, 2.45) is 0 Å². The van der Waals surface area contributed by atoms with E-state index in [1.807, 2.05) is 31.9 Å². The van der Waals surface area contributed by atoms with Gasteiger partial charge in [-0.3, -0.25) is 0 Å². The van der Waals surface area contributed by atoms with Gasteiger partial charge in [-0.15, -0.1) is 0 Å². The molecule has 3 rings (SSSR count). The van der Waals surface area contributed by atoms with Crippen molar-refractivity contribution in [2.45, 2.75) is 51.7 Å². The van der Waals surface area contributed by atoms with Crippen molar-refractivity contribution in [1.29, 1.82) is 0 Å². The lowest BCUT2D eigenvalue weighted by Gasteiger charge is -2.37. The van der Waals surface area contributed by atoms with Crippen molar-refractivity contribution in [3.05, 3.63) is 23.9 Å². The molecule has 1 aromatic rings. The van der Waals surface area contributed by atoms with Crippen LogP contribution < -0.4 is 10.2 Å². The highest BCUT2D eigenvalue weighted by molar-refractivity contribution is 5.69. The molecule has 0 aromatic carbocycles. The number of carbonyl (C=O) groups excluding carboxylic acids is 1. The van der Waals surface area contributed by atoms with E-state index in [2.05, 4.69) is 27.3 Å². The molecule has 2 saturated heterocycles. The number of nitrogens with zero attached hydrogens (tertiary/aromatic N) is 3. The maximum atomic E-state index is 12.6. The second kappa shape index (κ2) is 7.60. The van der Waals surface area contributed by atoms with Gasteiger partial charge < -0.3 is 19.9 Å². The average molecular weight is 346 g/mol. The third kappa shape index (κ3) is 4.63. The molecular formula is C19H30N4O2. The predicted molar refractivity (Wildman–Crippen MR) is 98.9 cm³/mol. The van der Waals surface area contributed by atoms with Crippen LogP contribution in [0.3, 0.4) is 0 Å². The number of aromatic nitrogens is 1. The second-order valence-electron chi connectivity index (χ2n) is 7.87. The highest BCUT2D eigenvalue weighted by Gasteiger charge is 2.31. The highest BCUT2D eigenvalue weighted by atomic mass is 16.6. The summed E-state index contributed by atoms with van der Waals surface area (Å²) in [5.74, 6) is 1.02. The summed E-state index contributed by atoms with van der Waals surface area (Å²) < 4.78 is 5.60. The molecule has 25 heavy (non-hydrogen) atoms. The summed E-state index contributed by atoms with van der Waals surface area (Å²) >= 11 is 0. The quantitative estimate of drug-likeness (QED) is 0.892. The van der Waals surface area contributed by atoms with Crippen molar-refractivity contribution >= 4 is 11.9 Å². The summed E-state index contributed by atoms with van der Waals surface area (Å²) in [5.41, 5.74) is 0.633. The first-order chi connectivity index (χ1) is 11.9. The van der Waals surface area contributed by atoms with E-state index in [9.17, 15) is 4.79 Å². The van der Waals surface area contributed by atoms with Crippen LogP contribution in [0.25, 0.3) is 0 Å². The molecule has 2 aliphatic heterocycles. The van der Waals surface area contributed by atoms with E-state index >= 15 is 0 Å². The van der Waals surface area contributed by atoms with E-state index in [1.165, 1.54) is 0 Å². The van der Waals surface area contributed by atoms with Gasteiger partial charge in [-0.2, -0.15) is 0 Å². The van der Waals surface area contributed by atoms with Crippen molar-refractivity contribution in [3.63, 3.8) is 0 Å². The van der Waals surface area contributed by atoms with Gasteiger partial charge in [0.25, 0.3) is 0 Å². The highest BCUT2D eigenvalue weighted by Crippen LogP contribution is 2.32. The van der Waals surface area contributed by atoms with Crippen LogP contribution in [0.15, 0.2) is 18.3 Å². The van der Waals surface area contributed by atoms with Gasteiger partial charge in [0.15, 0.2) is 0 Å². The van der Waals surface area contributed by atoms with E-state index in [-0.39, 0.29) is 12.1 Å². The fraction of sp³-hybridized carbons (Fsp3) is 0.684. The summed E-state index contributed by atoms with van der Waals surface area (Å²) in [4.78, 5) is 21.4. The molecule has 6 heteroatoms.